The average molecular weight is 348 g/mol. The van der Waals surface area contributed by atoms with Crippen LogP contribution in [0.15, 0.2) is 30.3 Å². The lowest BCUT2D eigenvalue weighted by Gasteiger charge is -2.22. The van der Waals surface area contributed by atoms with E-state index in [0.29, 0.717) is 5.56 Å². The molecule has 0 saturated carbocycles. The van der Waals surface area contributed by atoms with Crippen molar-refractivity contribution in [2.24, 2.45) is 5.73 Å². The molecular formula is C11H17ClF3N3O2S. The molecule has 0 fully saturated rings. The second-order valence-corrected chi connectivity index (χ2v) is 5.80. The lowest BCUT2D eigenvalue weighted by Crippen LogP contribution is -2.45. The van der Waals surface area contributed by atoms with Crippen molar-refractivity contribution in [3.8, 4) is 0 Å². The zero-order valence-corrected chi connectivity index (χ0v) is 12.6. The van der Waals surface area contributed by atoms with Gasteiger partial charge in [-0.1, -0.05) is 30.3 Å². The molecule has 5 nitrogen and oxygen atoms in total. The second kappa shape index (κ2) is 8.54. The summed E-state index contributed by atoms with van der Waals surface area (Å²) in [6.07, 6.45) is -4.60. The van der Waals surface area contributed by atoms with Gasteiger partial charge < -0.3 is 5.73 Å². The number of alkyl halides is 3. The van der Waals surface area contributed by atoms with Gasteiger partial charge in [0.2, 0.25) is 0 Å². The van der Waals surface area contributed by atoms with Crippen LogP contribution in [0.25, 0.3) is 0 Å². The fourth-order valence-corrected chi connectivity index (χ4v) is 2.67. The van der Waals surface area contributed by atoms with Crippen molar-refractivity contribution in [2.75, 3.05) is 19.6 Å². The third-order valence-electron chi connectivity index (χ3n) is 2.38. The smallest absolute Gasteiger partial charge is 0.329 e. The van der Waals surface area contributed by atoms with Gasteiger partial charge in [-0.25, -0.2) is 0 Å². The van der Waals surface area contributed by atoms with Crippen LogP contribution in [0.2, 0.25) is 0 Å². The van der Waals surface area contributed by atoms with Gasteiger partial charge in [0.1, 0.15) is 6.54 Å². The predicted octanol–water partition coefficient (Wildman–Crippen LogP) is 1.27. The van der Waals surface area contributed by atoms with Crippen LogP contribution in [0, 0.1) is 0 Å². The van der Waals surface area contributed by atoms with E-state index in [2.05, 4.69) is 0 Å². The molecule has 10 heteroatoms. The summed E-state index contributed by atoms with van der Waals surface area (Å²) in [4.78, 5) is 0. The highest BCUT2D eigenvalue weighted by Gasteiger charge is 2.31. The lowest BCUT2D eigenvalue weighted by molar-refractivity contribution is -0.121. The van der Waals surface area contributed by atoms with E-state index < -0.39 is 22.9 Å². The Balaban J connectivity index is 0.00000400. The molecule has 0 radical (unpaired) electrons. The fourth-order valence-electron chi connectivity index (χ4n) is 1.48. The first-order valence-corrected chi connectivity index (χ1v) is 7.24. The van der Waals surface area contributed by atoms with Gasteiger partial charge in [0.05, 0.1) is 0 Å². The molecule has 0 aromatic heterocycles. The maximum atomic E-state index is 12.1. The first kappa shape index (κ1) is 20.1. The van der Waals surface area contributed by atoms with E-state index in [0.717, 1.165) is 4.31 Å². The average Bonchev–Trinajstić information content (AvgIpc) is 2.37. The van der Waals surface area contributed by atoms with Crippen LogP contribution in [-0.2, 0) is 16.8 Å². The Morgan fingerprint density at radius 3 is 2.24 bits per heavy atom. The van der Waals surface area contributed by atoms with Gasteiger partial charge in [-0.05, 0) is 5.56 Å². The summed E-state index contributed by atoms with van der Waals surface area (Å²) in [6.45, 7) is -1.70. The van der Waals surface area contributed by atoms with Crippen molar-refractivity contribution in [3.63, 3.8) is 0 Å². The normalized spacial score (nSPS) is 12.2. The standard InChI is InChI=1S/C11H16F3N3O2S.ClH/c12-11(13,14)9-16-20(18,19)17(7-6-15)8-10-4-2-1-3-5-10;/h1-5,16H,6-9,15H2;1H. The Morgan fingerprint density at radius 1 is 1.19 bits per heavy atom. The first-order chi connectivity index (χ1) is 9.24. The lowest BCUT2D eigenvalue weighted by atomic mass is 10.2. The van der Waals surface area contributed by atoms with Gasteiger partial charge in [-0.3, -0.25) is 0 Å². The van der Waals surface area contributed by atoms with Gasteiger partial charge in [-0.2, -0.15) is 30.6 Å². The molecule has 3 N–H and O–H groups in total. The monoisotopic (exact) mass is 347 g/mol. The summed E-state index contributed by atoms with van der Waals surface area (Å²) in [5.74, 6) is 0. The summed E-state index contributed by atoms with van der Waals surface area (Å²) in [5, 5.41) is 0. The molecule has 1 rings (SSSR count). The molecule has 0 atom stereocenters. The van der Waals surface area contributed by atoms with Crippen LogP contribution in [0.3, 0.4) is 0 Å². The van der Waals surface area contributed by atoms with Crippen molar-refractivity contribution >= 4 is 22.6 Å². The van der Waals surface area contributed by atoms with Crippen molar-refractivity contribution in [3.05, 3.63) is 35.9 Å². The zero-order chi connectivity index (χ0) is 15.2. The van der Waals surface area contributed by atoms with Crippen molar-refractivity contribution < 1.29 is 21.6 Å². The van der Waals surface area contributed by atoms with Crippen LogP contribution in [0.4, 0.5) is 13.2 Å². The molecule has 0 bridgehead atoms. The van der Waals surface area contributed by atoms with E-state index in [-0.39, 0.29) is 32.0 Å². The molecule has 122 valence electrons. The number of hydrogen-bond acceptors (Lipinski definition) is 3. The second-order valence-electron chi connectivity index (χ2n) is 4.05. The summed E-state index contributed by atoms with van der Waals surface area (Å²) < 4.78 is 62.3. The van der Waals surface area contributed by atoms with Crippen LogP contribution in [0.5, 0.6) is 0 Å². The number of nitrogens with zero attached hydrogens (tertiary/aromatic N) is 1. The minimum atomic E-state index is -4.60. The molecule has 0 spiro atoms. The molecule has 0 aliphatic heterocycles. The third-order valence-corrected chi connectivity index (χ3v) is 3.88. The van der Waals surface area contributed by atoms with Gasteiger partial charge >= 0.3 is 6.18 Å². The summed E-state index contributed by atoms with van der Waals surface area (Å²) in [7, 11) is -4.23. The van der Waals surface area contributed by atoms with Crippen LogP contribution >= 0.6 is 12.4 Å². The quantitative estimate of drug-likeness (QED) is 0.780. The first-order valence-electron chi connectivity index (χ1n) is 5.80. The molecule has 0 saturated heterocycles. The van der Waals surface area contributed by atoms with Gasteiger partial charge in [0.15, 0.2) is 0 Å². The Morgan fingerprint density at radius 2 is 1.76 bits per heavy atom. The van der Waals surface area contributed by atoms with Gasteiger partial charge in [0, 0.05) is 19.6 Å². The molecule has 0 aliphatic carbocycles. The molecule has 1 aromatic carbocycles. The third kappa shape index (κ3) is 7.63. The minimum Gasteiger partial charge on any atom is -0.329 e. The van der Waals surface area contributed by atoms with E-state index >= 15 is 0 Å². The number of hydrogen-bond donors (Lipinski definition) is 2. The van der Waals surface area contributed by atoms with Crippen molar-refractivity contribution in [1.29, 1.82) is 0 Å². The van der Waals surface area contributed by atoms with E-state index in [1.54, 1.807) is 30.3 Å². The Labute approximate surface area is 127 Å². The zero-order valence-electron chi connectivity index (χ0n) is 11.0. The molecule has 0 aliphatic rings. The van der Waals surface area contributed by atoms with E-state index in [4.69, 9.17) is 5.73 Å². The molecule has 0 heterocycles. The number of rotatable bonds is 7. The molecule has 21 heavy (non-hydrogen) atoms. The number of halogens is 4. The maximum absolute atomic E-state index is 12.1. The highest BCUT2D eigenvalue weighted by atomic mass is 35.5. The van der Waals surface area contributed by atoms with Crippen molar-refractivity contribution in [2.45, 2.75) is 12.7 Å². The molecule has 1 aromatic rings. The fraction of sp³-hybridized carbons (Fsp3) is 0.455. The van der Waals surface area contributed by atoms with E-state index in [9.17, 15) is 21.6 Å². The summed E-state index contributed by atoms with van der Waals surface area (Å²) in [5.41, 5.74) is 5.97. The number of benzene rings is 1. The van der Waals surface area contributed by atoms with Gasteiger partial charge in [-0.15, -0.1) is 12.4 Å². The van der Waals surface area contributed by atoms with Crippen LogP contribution in [-0.4, -0.2) is 38.5 Å². The van der Waals surface area contributed by atoms with E-state index in [1.807, 2.05) is 0 Å². The SMILES string of the molecule is Cl.NCCN(Cc1ccccc1)S(=O)(=O)NCC(F)(F)F. The topological polar surface area (TPSA) is 75.4 Å². The Hall–Kier alpha value is -0.870. The van der Waals surface area contributed by atoms with Gasteiger partial charge in [0.25, 0.3) is 10.2 Å². The summed E-state index contributed by atoms with van der Waals surface area (Å²) >= 11 is 0. The molecular weight excluding hydrogens is 331 g/mol. The van der Waals surface area contributed by atoms with Crippen LogP contribution < -0.4 is 10.5 Å². The Kier molecular flexibility index (Phi) is 8.19. The van der Waals surface area contributed by atoms with Crippen molar-refractivity contribution in [1.82, 2.24) is 9.03 Å². The summed E-state index contributed by atoms with van der Waals surface area (Å²) in [6, 6.07) is 8.55. The maximum Gasteiger partial charge on any atom is 0.402 e. The predicted molar refractivity (Wildman–Crippen MR) is 76.1 cm³/mol. The highest BCUT2D eigenvalue weighted by Crippen LogP contribution is 2.14. The van der Waals surface area contributed by atoms with E-state index in [1.165, 1.54) is 4.72 Å². The van der Waals surface area contributed by atoms with Crippen LogP contribution in [0.1, 0.15) is 5.56 Å². The molecule has 0 unspecified atom stereocenters. The largest absolute Gasteiger partial charge is 0.402 e. The highest BCUT2D eigenvalue weighted by molar-refractivity contribution is 7.87. The minimum absolute atomic E-state index is 0. The molecule has 0 amide bonds. The number of nitrogens with two attached hydrogens (primary N) is 1. The Bertz CT molecular complexity index is 511. The number of nitrogens with one attached hydrogen (secondary N) is 1.